The number of rotatable bonds is 6. The van der Waals surface area contributed by atoms with Crippen molar-refractivity contribution < 1.29 is 4.79 Å². The maximum atomic E-state index is 11.9. The maximum Gasteiger partial charge on any atom is 0.251 e. The molecule has 0 radical (unpaired) electrons. The number of carbonyl (C=O) groups is 1. The van der Waals surface area contributed by atoms with Gasteiger partial charge in [-0.2, -0.15) is 0 Å². The number of imidazole rings is 1. The normalized spacial score (nSPS) is 10.4. The molecule has 1 heterocycles. The van der Waals surface area contributed by atoms with Crippen molar-refractivity contribution in [2.45, 2.75) is 17.9 Å². The molecule has 0 spiro atoms. The van der Waals surface area contributed by atoms with Gasteiger partial charge in [0.2, 0.25) is 0 Å². The minimum atomic E-state index is -0.0155. The smallest absolute Gasteiger partial charge is 0.251 e. The van der Waals surface area contributed by atoms with E-state index >= 15 is 0 Å². The van der Waals surface area contributed by atoms with E-state index in [0.29, 0.717) is 12.1 Å². The van der Waals surface area contributed by atoms with E-state index in [2.05, 4.69) is 10.3 Å². The molecule has 0 aliphatic rings. The van der Waals surface area contributed by atoms with E-state index in [9.17, 15) is 4.79 Å². The predicted octanol–water partition coefficient (Wildman–Crippen LogP) is 2.43. The summed E-state index contributed by atoms with van der Waals surface area (Å²) in [5.74, 6) is -0.0155. The van der Waals surface area contributed by atoms with Crippen LogP contribution in [-0.2, 0) is 6.54 Å². The third kappa shape index (κ3) is 4.13. The lowest BCUT2D eigenvalue weighted by Crippen LogP contribution is -2.25. The average Bonchev–Trinajstić information content (AvgIpc) is 2.96. The highest BCUT2D eigenvalue weighted by atomic mass is 32.2. The predicted molar refractivity (Wildman–Crippen MR) is 77.4 cm³/mol. The van der Waals surface area contributed by atoms with Crippen LogP contribution in [0, 0.1) is 0 Å². The number of thioether (sulfide) groups is 1. The van der Waals surface area contributed by atoms with Gasteiger partial charge in [0, 0.05) is 35.9 Å². The summed E-state index contributed by atoms with van der Waals surface area (Å²) < 4.78 is 2.00. The fourth-order valence-electron chi connectivity index (χ4n) is 1.73. The second-order valence-electron chi connectivity index (χ2n) is 4.14. The van der Waals surface area contributed by atoms with Gasteiger partial charge in [0.05, 0.1) is 6.33 Å². The van der Waals surface area contributed by atoms with Crippen molar-refractivity contribution in [3.05, 3.63) is 48.5 Å². The SMILES string of the molecule is CSc1ccc(C(=O)NCCCn2ccnc2)cc1. The summed E-state index contributed by atoms with van der Waals surface area (Å²) in [5.41, 5.74) is 0.709. The van der Waals surface area contributed by atoms with Crippen molar-refractivity contribution in [1.29, 1.82) is 0 Å². The van der Waals surface area contributed by atoms with Gasteiger partial charge in [-0.15, -0.1) is 11.8 Å². The molecule has 19 heavy (non-hydrogen) atoms. The van der Waals surface area contributed by atoms with Crippen LogP contribution in [0.3, 0.4) is 0 Å². The van der Waals surface area contributed by atoms with Crippen LogP contribution in [0.2, 0.25) is 0 Å². The first-order valence-electron chi connectivity index (χ1n) is 6.17. The second-order valence-corrected chi connectivity index (χ2v) is 5.02. The quantitative estimate of drug-likeness (QED) is 0.650. The first kappa shape index (κ1) is 13.7. The van der Waals surface area contributed by atoms with Gasteiger partial charge in [-0.1, -0.05) is 0 Å². The average molecular weight is 275 g/mol. The van der Waals surface area contributed by atoms with Gasteiger partial charge in [0.1, 0.15) is 0 Å². The van der Waals surface area contributed by atoms with Crippen molar-refractivity contribution in [2.24, 2.45) is 0 Å². The van der Waals surface area contributed by atoms with Crippen LogP contribution >= 0.6 is 11.8 Å². The zero-order chi connectivity index (χ0) is 13.5. The van der Waals surface area contributed by atoms with Gasteiger partial charge in [0.25, 0.3) is 5.91 Å². The highest BCUT2D eigenvalue weighted by Gasteiger charge is 2.04. The lowest BCUT2D eigenvalue weighted by atomic mass is 10.2. The zero-order valence-electron chi connectivity index (χ0n) is 10.9. The second kappa shape index (κ2) is 6.99. The van der Waals surface area contributed by atoms with Crippen LogP contribution in [0.4, 0.5) is 0 Å². The number of carbonyl (C=O) groups excluding carboxylic acids is 1. The van der Waals surface area contributed by atoms with Crippen LogP contribution in [0.5, 0.6) is 0 Å². The molecule has 0 bridgehead atoms. The molecule has 0 fully saturated rings. The van der Waals surface area contributed by atoms with E-state index < -0.39 is 0 Å². The first-order valence-corrected chi connectivity index (χ1v) is 7.40. The van der Waals surface area contributed by atoms with Crippen LogP contribution in [0.25, 0.3) is 0 Å². The summed E-state index contributed by atoms with van der Waals surface area (Å²) in [6, 6.07) is 7.64. The molecule has 0 aliphatic heterocycles. The summed E-state index contributed by atoms with van der Waals surface area (Å²) >= 11 is 1.67. The highest BCUT2D eigenvalue weighted by molar-refractivity contribution is 7.98. The van der Waals surface area contributed by atoms with Gasteiger partial charge in [-0.3, -0.25) is 4.79 Å². The van der Waals surface area contributed by atoms with Gasteiger partial charge in [-0.25, -0.2) is 4.98 Å². The summed E-state index contributed by atoms with van der Waals surface area (Å²) in [6.45, 7) is 1.53. The Bertz CT molecular complexity index is 508. The Hall–Kier alpha value is -1.75. The van der Waals surface area contributed by atoms with Crippen LogP contribution in [0.1, 0.15) is 16.8 Å². The monoisotopic (exact) mass is 275 g/mol. The molecule has 2 aromatic rings. The number of aromatic nitrogens is 2. The fraction of sp³-hybridized carbons (Fsp3) is 0.286. The number of amides is 1. The molecule has 1 aromatic carbocycles. The van der Waals surface area contributed by atoms with Crippen LogP contribution < -0.4 is 5.32 Å². The Balaban J connectivity index is 1.74. The number of hydrogen-bond acceptors (Lipinski definition) is 3. The number of nitrogens with zero attached hydrogens (tertiary/aromatic N) is 2. The Morgan fingerprint density at radius 3 is 2.79 bits per heavy atom. The largest absolute Gasteiger partial charge is 0.352 e. The maximum absolute atomic E-state index is 11.9. The standard InChI is InChI=1S/C14H17N3OS/c1-19-13-5-3-12(4-6-13)14(18)16-7-2-9-17-10-8-15-11-17/h3-6,8,10-11H,2,7,9H2,1H3,(H,16,18). The van der Waals surface area contributed by atoms with Crippen molar-refractivity contribution in [1.82, 2.24) is 14.9 Å². The Morgan fingerprint density at radius 1 is 1.37 bits per heavy atom. The zero-order valence-corrected chi connectivity index (χ0v) is 11.7. The molecule has 0 atom stereocenters. The van der Waals surface area contributed by atoms with E-state index in [-0.39, 0.29) is 5.91 Å². The molecular weight excluding hydrogens is 258 g/mol. The molecule has 100 valence electrons. The van der Waals surface area contributed by atoms with Gasteiger partial charge in [0.15, 0.2) is 0 Å². The van der Waals surface area contributed by atoms with Crippen molar-refractivity contribution in [3.8, 4) is 0 Å². The molecule has 4 nitrogen and oxygen atoms in total. The topological polar surface area (TPSA) is 46.9 Å². The van der Waals surface area contributed by atoms with E-state index in [1.165, 1.54) is 0 Å². The van der Waals surface area contributed by atoms with Crippen LogP contribution in [0.15, 0.2) is 47.9 Å². The third-order valence-electron chi connectivity index (χ3n) is 2.79. The number of hydrogen-bond donors (Lipinski definition) is 1. The minimum absolute atomic E-state index is 0.0155. The van der Waals surface area contributed by atoms with E-state index in [1.54, 1.807) is 24.3 Å². The van der Waals surface area contributed by atoms with E-state index in [4.69, 9.17) is 0 Å². The van der Waals surface area contributed by atoms with Gasteiger partial charge in [-0.05, 0) is 36.9 Å². The van der Waals surface area contributed by atoms with Gasteiger partial charge < -0.3 is 9.88 Å². The van der Waals surface area contributed by atoms with Crippen LogP contribution in [-0.4, -0.2) is 28.3 Å². The molecule has 0 saturated heterocycles. The molecule has 1 amide bonds. The number of nitrogens with one attached hydrogen (secondary N) is 1. The lowest BCUT2D eigenvalue weighted by Gasteiger charge is -2.06. The van der Waals surface area contributed by atoms with Crippen molar-refractivity contribution >= 4 is 17.7 Å². The van der Waals surface area contributed by atoms with E-state index in [0.717, 1.165) is 17.9 Å². The highest BCUT2D eigenvalue weighted by Crippen LogP contribution is 2.14. The summed E-state index contributed by atoms with van der Waals surface area (Å²) in [7, 11) is 0. The number of benzene rings is 1. The number of aryl methyl sites for hydroxylation is 1. The summed E-state index contributed by atoms with van der Waals surface area (Å²) in [4.78, 5) is 17.0. The molecule has 1 N–H and O–H groups in total. The fourth-order valence-corrected chi connectivity index (χ4v) is 2.14. The molecule has 0 aliphatic carbocycles. The first-order chi connectivity index (χ1) is 9.29. The summed E-state index contributed by atoms with van der Waals surface area (Å²) in [5, 5.41) is 2.92. The Morgan fingerprint density at radius 2 is 2.16 bits per heavy atom. The molecule has 0 unspecified atom stereocenters. The Labute approximate surface area is 117 Å². The molecule has 5 heteroatoms. The third-order valence-corrected chi connectivity index (χ3v) is 3.53. The van der Waals surface area contributed by atoms with E-state index in [1.807, 2.05) is 41.3 Å². The molecular formula is C14H17N3OS. The molecule has 1 aromatic heterocycles. The van der Waals surface area contributed by atoms with Crippen molar-refractivity contribution in [2.75, 3.05) is 12.8 Å². The molecule has 0 saturated carbocycles. The van der Waals surface area contributed by atoms with Gasteiger partial charge >= 0.3 is 0 Å². The molecule has 2 rings (SSSR count). The van der Waals surface area contributed by atoms with Crippen molar-refractivity contribution in [3.63, 3.8) is 0 Å². The summed E-state index contributed by atoms with van der Waals surface area (Å²) in [6.07, 6.45) is 8.37. The lowest BCUT2D eigenvalue weighted by molar-refractivity contribution is 0.0952. The Kier molecular flexibility index (Phi) is 5.03. The minimum Gasteiger partial charge on any atom is -0.352 e.